The van der Waals surface area contributed by atoms with Crippen molar-refractivity contribution < 1.29 is 8.42 Å². The van der Waals surface area contributed by atoms with Crippen molar-refractivity contribution in [3.05, 3.63) is 88.7 Å². The summed E-state index contributed by atoms with van der Waals surface area (Å²) in [6, 6.07) is 18.7. The summed E-state index contributed by atoms with van der Waals surface area (Å²) in [7, 11) is -1.63. The molecule has 1 atom stereocenters. The minimum absolute atomic E-state index is 0.0644. The Kier molecular flexibility index (Phi) is 5.79. The van der Waals surface area contributed by atoms with Crippen LogP contribution in [0.4, 0.5) is 0 Å². The number of benzene rings is 2. The van der Waals surface area contributed by atoms with Crippen LogP contribution in [0.3, 0.4) is 0 Å². The molecular formula is C22H24ClN3O2S. The molecule has 152 valence electrons. The Morgan fingerprint density at radius 2 is 1.76 bits per heavy atom. The summed E-state index contributed by atoms with van der Waals surface area (Å²) in [5.41, 5.74) is 3.76. The number of nitrogens with one attached hydrogen (secondary N) is 1. The molecule has 3 aromatic rings. The normalized spacial score (nSPS) is 15.8. The Morgan fingerprint density at radius 1 is 1.03 bits per heavy atom. The number of aromatic nitrogens is 1. The molecule has 1 aliphatic rings. The Balaban J connectivity index is 1.57. The smallest absolute Gasteiger partial charge is 0.240 e. The van der Waals surface area contributed by atoms with Crippen LogP contribution >= 0.6 is 11.6 Å². The second kappa shape index (κ2) is 8.32. The van der Waals surface area contributed by atoms with Crippen molar-refractivity contribution in [2.45, 2.75) is 23.9 Å². The third-order valence-electron chi connectivity index (χ3n) is 5.52. The van der Waals surface area contributed by atoms with Gasteiger partial charge in [-0.25, -0.2) is 13.1 Å². The van der Waals surface area contributed by atoms with E-state index in [0.717, 1.165) is 25.2 Å². The van der Waals surface area contributed by atoms with Crippen LogP contribution in [0.5, 0.6) is 0 Å². The lowest BCUT2D eigenvalue weighted by Gasteiger charge is -2.36. The van der Waals surface area contributed by atoms with Gasteiger partial charge in [-0.3, -0.25) is 4.90 Å². The van der Waals surface area contributed by atoms with E-state index in [9.17, 15) is 8.42 Å². The second-order valence-corrected chi connectivity index (χ2v) is 9.56. The molecule has 5 nitrogen and oxygen atoms in total. The van der Waals surface area contributed by atoms with Crippen LogP contribution < -0.4 is 4.72 Å². The van der Waals surface area contributed by atoms with Crippen LogP contribution in [0.1, 0.15) is 22.9 Å². The van der Waals surface area contributed by atoms with Crippen LogP contribution in [0.15, 0.2) is 71.8 Å². The molecule has 1 aromatic heterocycles. The van der Waals surface area contributed by atoms with Crippen LogP contribution in [-0.4, -0.2) is 31.0 Å². The summed E-state index contributed by atoms with van der Waals surface area (Å²) in [5, 5.41) is 0.512. The van der Waals surface area contributed by atoms with Crippen molar-refractivity contribution in [3.63, 3.8) is 0 Å². The monoisotopic (exact) mass is 429 g/mol. The maximum Gasteiger partial charge on any atom is 0.240 e. The topological polar surface area (TPSA) is 54.3 Å². The van der Waals surface area contributed by atoms with Gasteiger partial charge < -0.3 is 4.57 Å². The van der Waals surface area contributed by atoms with Crippen molar-refractivity contribution in [3.8, 4) is 0 Å². The van der Waals surface area contributed by atoms with Gasteiger partial charge in [-0.1, -0.05) is 35.9 Å². The number of hydrogen-bond donors (Lipinski definition) is 1. The number of rotatable bonds is 6. The standard InChI is InChI=1S/C22H24ClN3O2S/c1-25-13-4-7-21(25)22(26-14-12-17-5-2-3-6-18(17)16-26)15-24-29(27,28)20-10-8-19(23)9-11-20/h2-11,13,22,24H,12,14-16H2,1H3. The highest BCUT2D eigenvalue weighted by molar-refractivity contribution is 7.89. The summed E-state index contributed by atoms with van der Waals surface area (Å²) < 4.78 is 30.5. The lowest BCUT2D eigenvalue weighted by atomic mass is 9.98. The van der Waals surface area contributed by atoms with E-state index in [-0.39, 0.29) is 10.9 Å². The molecule has 7 heteroatoms. The fraction of sp³-hybridized carbons (Fsp3) is 0.273. The Bertz CT molecular complexity index is 1090. The summed E-state index contributed by atoms with van der Waals surface area (Å²) in [6.07, 6.45) is 2.95. The number of halogens is 1. The Hall–Kier alpha value is -2.12. The van der Waals surface area contributed by atoms with Gasteiger partial charge in [0, 0.05) is 43.6 Å². The highest BCUT2D eigenvalue weighted by atomic mass is 35.5. The van der Waals surface area contributed by atoms with Gasteiger partial charge in [-0.15, -0.1) is 0 Å². The summed E-state index contributed by atoms with van der Waals surface area (Å²) in [5.74, 6) is 0. The second-order valence-electron chi connectivity index (χ2n) is 7.35. The molecule has 0 amide bonds. The molecule has 0 saturated carbocycles. The first-order chi connectivity index (χ1) is 13.9. The van der Waals surface area contributed by atoms with Crippen molar-refractivity contribution in [1.29, 1.82) is 0 Å². The third kappa shape index (κ3) is 4.41. The predicted octanol–water partition coefficient (Wildman–Crippen LogP) is 3.76. The van der Waals surface area contributed by atoms with E-state index < -0.39 is 10.0 Å². The molecule has 1 aliphatic heterocycles. The third-order valence-corrected chi connectivity index (χ3v) is 7.21. The molecule has 0 fully saturated rings. The average Bonchev–Trinajstić information content (AvgIpc) is 3.14. The first-order valence-electron chi connectivity index (χ1n) is 9.61. The van der Waals surface area contributed by atoms with Gasteiger partial charge in [0.05, 0.1) is 10.9 Å². The van der Waals surface area contributed by atoms with E-state index in [1.54, 1.807) is 12.1 Å². The SMILES string of the molecule is Cn1cccc1C(CNS(=O)(=O)c1ccc(Cl)cc1)N1CCc2ccccc2C1. The van der Waals surface area contributed by atoms with Crippen molar-refractivity contribution in [2.24, 2.45) is 7.05 Å². The molecule has 1 N–H and O–H groups in total. The van der Waals surface area contributed by atoms with Gasteiger partial charge in [0.2, 0.25) is 10.0 Å². The van der Waals surface area contributed by atoms with Crippen molar-refractivity contribution >= 4 is 21.6 Å². The van der Waals surface area contributed by atoms with Gasteiger partial charge in [-0.2, -0.15) is 0 Å². The molecule has 0 aliphatic carbocycles. The first-order valence-corrected chi connectivity index (χ1v) is 11.5. The number of aryl methyl sites for hydroxylation is 1. The summed E-state index contributed by atoms with van der Waals surface area (Å²) in [4.78, 5) is 2.57. The molecule has 4 rings (SSSR count). The van der Waals surface area contributed by atoms with Gasteiger partial charge in [0.25, 0.3) is 0 Å². The van der Waals surface area contributed by atoms with Crippen LogP contribution in [-0.2, 0) is 30.0 Å². The maximum atomic E-state index is 12.8. The van der Waals surface area contributed by atoms with E-state index in [4.69, 9.17) is 11.6 Å². The highest BCUT2D eigenvalue weighted by Gasteiger charge is 2.28. The number of sulfonamides is 1. The van der Waals surface area contributed by atoms with Crippen molar-refractivity contribution in [1.82, 2.24) is 14.2 Å². The number of fused-ring (bicyclic) bond motifs is 1. The minimum atomic E-state index is -3.62. The van der Waals surface area contributed by atoms with E-state index >= 15 is 0 Å². The van der Waals surface area contributed by atoms with Gasteiger partial charge in [-0.05, 0) is 53.9 Å². The highest BCUT2D eigenvalue weighted by Crippen LogP contribution is 2.28. The first kappa shape index (κ1) is 20.2. The van der Waals surface area contributed by atoms with Gasteiger partial charge in [0.15, 0.2) is 0 Å². The van der Waals surface area contributed by atoms with E-state index in [2.05, 4.69) is 44.5 Å². The van der Waals surface area contributed by atoms with Crippen LogP contribution in [0.25, 0.3) is 0 Å². The zero-order chi connectivity index (χ0) is 20.4. The fourth-order valence-corrected chi connectivity index (χ4v) is 5.07. The van der Waals surface area contributed by atoms with Gasteiger partial charge >= 0.3 is 0 Å². The molecular weight excluding hydrogens is 406 g/mol. The van der Waals surface area contributed by atoms with E-state index in [0.29, 0.717) is 11.6 Å². The quantitative estimate of drug-likeness (QED) is 0.649. The van der Waals surface area contributed by atoms with Crippen molar-refractivity contribution in [2.75, 3.05) is 13.1 Å². The summed E-state index contributed by atoms with van der Waals surface area (Å²) in [6.45, 7) is 1.98. The Labute approximate surface area is 177 Å². The minimum Gasteiger partial charge on any atom is -0.353 e. The number of nitrogens with zero attached hydrogens (tertiary/aromatic N) is 2. The predicted molar refractivity (Wildman–Crippen MR) is 115 cm³/mol. The van der Waals surface area contributed by atoms with Crippen LogP contribution in [0, 0.1) is 0 Å². The molecule has 2 heterocycles. The fourth-order valence-electron chi connectivity index (χ4n) is 3.91. The molecule has 29 heavy (non-hydrogen) atoms. The molecule has 0 saturated heterocycles. The molecule has 0 radical (unpaired) electrons. The van der Waals surface area contributed by atoms with E-state index in [1.165, 1.54) is 23.3 Å². The Morgan fingerprint density at radius 3 is 2.45 bits per heavy atom. The molecule has 1 unspecified atom stereocenters. The maximum absolute atomic E-state index is 12.8. The molecule has 2 aromatic carbocycles. The summed E-state index contributed by atoms with van der Waals surface area (Å²) >= 11 is 5.89. The number of hydrogen-bond acceptors (Lipinski definition) is 3. The molecule has 0 spiro atoms. The zero-order valence-corrected chi connectivity index (χ0v) is 17.8. The zero-order valence-electron chi connectivity index (χ0n) is 16.3. The lowest BCUT2D eigenvalue weighted by molar-refractivity contribution is 0.174. The largest absolute Gasteiger partial charge is 0.353 e. The van der Waals surface area contributed by atoms with E-state index in [1.807, 2.05) is 19.3 Å². The van der Waals surface area contributed by atoms with Gasteiger partial charge in [0.1, 0.15) is 0 Å². The average molecular weight is 430 g/mol. The molecule has 0 bridgehead atoms. The lowest BCUT2D eigenvalue weighted by Crippen LogP contribution is -2.41. The van der Waals surface area contributed by atoms with Crippen LogP contribution in [0.2, 0.25) is 5.02 Å².